The van der Waals surface area contributed by atoms with Gasteiger partial charge in [0.05, 0.1) is 6.04 Å². The number of carbonyl (C=O) groups excluding carboxylic acids is 1. The van der Waals surface area contributed by atoms with Crippen LogP contribution in [0.1, 0.15) is 20.8 Å². The lowest BCUT2D eigenvalue weighted by Crippen LogP contribution is -2.57. The summed E-state index contributed by atoms with van der Waals surface area (Å²) in [5, 5.41) is 5.89. The molecular formula is C18H21BrN2O2. The molecule has 122 valence electrons. The van der Waals surface area contributed by atoms with Gasteiger partial charge in [-0.1, -0.05) is 40.2 Å². The molecule has 1 saturated heterocycles. The maximum atomic E-state index is 12.0. The minimum absolute atomic E-state index is 0.240. The zero-order chi connectivity index (χ0) is 16.6. The van der Waals surface area contributed by atoms with Crippen LogP contribution < -0.4 is 5.32 Å². The van der Waals surface area contributed by atoms with E-state index in [9.17, 15) is 4.79 Å². The van der Waals surface area contributed by atoms with Crippen LogP contribution in [-0.4, -0.2) is 35.7 Å². The van der Waals surface area contributed by atoms with Crippen LogP contribution in [0.25, 0.3) is 10.8 Å². The van der Waals surface area contributed by atoms with Crippen LogP contribution in [0.5, 0.6) is 0 Å². The Labute approximate surface area is 144 Å². The minimum atomic E-state index is -0.447. The zero-order valence-corrected chi connectivity index (χ0v) is 15.2. The van der Waals surface area contributed by atoms with Gasteiger partial charge in [0.2, 0.25) is 0 Å². The molecule has 23 heavy (non-hydrogen) atoms. The van der Waals surface area contributed by atoms with Crippen molar-refractivity contribution in [3.8, 4) is 0 Å². The maximum Gasteiger partial charge on any atom is 0.410 e. The van der Waals surface area contributed by atoms with Gasteiger partial charge in [0.15, 0.2) is 0 Å². The SMILES string of the molecule is CC(C)(C)OC(=O)N1CC(Nc2ccc(Br)c3ccccc23)C1. The largest absolute Gasteiger partial charge is 0.444 e. The molecule has 1 fully saturated rings. The van der Waals surface area contributed by atoms with Crippen LogP contribution in [0.15, 0.2) is 40.9 Å². The molecule has 2 aromatic carbocycles. The first-order chi connectivity index (χ1) is 10.8. The van der Waals surface area contributed by atoms with Gasteiger partial charge in [-0.3, -0.25) is 0 Å². The number of rotatable bonds is 2. The molecule has 1 N–H and O–H groups in total. The first-order valence-electron chi connectivity index (χ1n) is 7.75. The van der Waals surface area contributed by atoms with Crippen molar-refractivity contribution in [1.29, 1.82) is 0 Å². The summed E-state index contributed by atoms with van der Waals surface area (Å²) in [6.45, 7) is 6.98. The number of nitrogens with one attached hydrogen (secondary N) is 1. The summed E-state index contributed by atoms with van der Waals surface area (Å²) in [6, 6.07) is 12.6. The topological polar surface area (TPSA) is 41.6 Å². The molecule has 0 unspecified atom stereocenters. The lowest BCUT2D eigenvalue weighted by Gasteiger charge is -2.40. The third kappa shape index (κ3) is 3.61. The fraction of sp³-hybridized carbons (Fsp3) is 0.389. The molecular weight excluding hydrogens is 356 g/mol. The summed E-state index contributed by atoms with van der Waals surface area (Å²) < 4.78 is 6.46. The molecule has 5 heteroatoms. The van der Waals surface area contributed by atoms with Gasteiger partial charge in [0, 0.05) is 28.6 Å². The molecule has 0 radical (unpaired) electrons. The number of hydrogen-bond donors (Lipinski definition) is 1. The van der Waals surface area contributed by atoms with Gasteiger partial charge in [-0.15, -0.1) is 0 Å². The average Bonchev–Trinajstić information content (AvgIpc) is 2.42. The van der Waals surface area contributed by atoms with E-state index in [2.05, 4.69) is 45.5 Å². The van der Waals surface area contributed by atoms with Crippen molar-refractivity contribution in [1.82, 2.24) is 4.90 Å². The summed E-state index contributed by atoms with van der Waals surface area (Å²) in [4.78, 5) is 13.7. The molecule has 0 saturated carbocycles. The van der Waals surface area contributed by atoms with Gasteiger partial charge in [0.25, 0.3) is 0 Å². The lowest BCUT2D eigenvalue weighted by atomic mass is 10.1. The molecule has 1 amide bonds. The molecule has 0 aliphatic carbocycles. The Kier molecular flexibility index (Phi) is 4.23. The van der Waals surface area contributed by atoms with E-state index in [1.807, 2.05) is 32.9 Å². The van der Waals surface area contributed by atoms with Crippen LogP contribution in [0.3, 0.4) is 0 Å². The molecule has 1 aliphatic rings. The maximum absolute atomic E-state index is 12.0. The highest BCUT2D eigenvalue weighted by molar-refractivity contribution is 9.10. The molecule has 1 heterocycles. The second kappa shape index (κ2) is 6.04. The monoisotopic (exact) mass is 376 g/mol. The second-order valence-corrected chi connectivity index (χ2v) is 7.72. The molecule has 2 aromatic rings. The summed E-state index contributed by atoms with van der Waals surface area (Å²) in [7, 11) is 0. The number of likely N-dealkylation sites (tertiary alicyclic amines) is 1. The summed E-state index contributed by atoms with van der Waals surface area (Å²) in [5.74, 6) is 0. The molecule has 1 aliphatic heterocycles. The van der Waals surface area contributed by atoms with E-state index in [0.717, 1.165) is 10.2 Å². The number of fused-ring (bicyclic) bond motifs is 1. The number of anilines is 1. The standard InChI is InChI=1S/C18H21BrN2O2/c1-18(2,3)23-17(22)21-10-12(11-21)20-16-9-8-15(19)13-6-4-5-7-14(13)16/h4-9,12,20H,10-11H2,1-3H3. The van der Waals surface area contributed by atoms with E-state index >= 15 is 0 Å². The first kappa shape index (κ1) is 16.1. The molecule has 0 aromatic heterocycles. The predicted octanol–water partition coefficient (Wildman–Crippen LogP) is 4.63. The number of amides is 1. The highest BCUT2D eigenvalue weighted by atomic mass is 79.9. The van der Waals surface area contributed by atoms with Crippen LogP contribution in [0, 0.1) is 0 Å². The molecule has 4 nitrogen and oxygen atoms in total. The Morgan fingerprint density at radius 3 is 2.48 bits per heavy atom. The van der Waals surface area contributed by atoms with Crippen LogP contribution >= 0.6 is 15.9 Å². The van der Waals surface area contributed by atoms with Gasteiger partial charge >= 0.3 is 6.09 Å². The molecule has 0 spiro atoms. The summed E-state index contributed by atoms with van der Waals surface area (Å²) >= 11 is 3.59. The van der Waals surface area contributed by atoms with Crippen molar-refractivity contribution in [2.24, 2.45) is 0 Å². The molecule has 3 rings (SSSR count). The number of halogens is 1. The predicted molar refractivity (Wildman–Crippen MR) is 96.9 cm³/mol. The summed E-state index contributed by atoms with van der Waals surface area (Å²) in [6.07, 6.45) is -0.240. The Hall–Kier alpha value is -1.75. The summed E-state index contributed by atoms with van der Waals surface area (Å²) in [5.41, 5.74) is 0.648. The fourth-order valence-electron chi connectivity index (χ4n) is 2.65. The number of benzene rings is 2. The Bertz CT molecular complexity index is 733. The zero-order valence-electron chi connectivity index (χ0n) is 13.6. The van der Waals surface area contributed by atoms with Crippen LogP contribution in [0.4, 0.5) is 10.5 Å². The van der Waals surface area contributed by atoms with Crippen molar-refractivity contribution in [2.75, 3.05) is 18.4 Å². The van der Waals surface area contributed by atoms with E-state index in [0.29, 0.717) is 13.1 Å². The van der Waals surface area contributed by atoms with Crippen molar-refractivity contribution in [3.63, 3.8) is 0 Å². The Morgan fingerprint density at radius 2 is 1.83 bits per heavy atom. The van der Waals surface area contributed by atoms with Gasteiger partial charge in [-0.2, -0.15) is 0 Å². The van der Waals surface area contributed by atoms with Crippen molar-refractivity contribution in [2.45, 2.75) is 32.4 Å². The van der Waals surface area contributed by atoms with E-state index in [1.165, 1.54) is 10.8 Å². The highest BCUT2D eigenvalue weighted by Gasteiger charge is 2.33. The number of ether oxygens (including phenoxy) is 1. The number of nitrogens with zero attached hydrogens (tertiary/aromatic N) is 1. The normalized spacial score (nSPS) is 15.4. The highest BCUT2D eigenvalue weighted by Crippen LogP contribution is 2.31. The van der Waals surface area contributed by atoms with Gasteiger partial charge < -0.3 is 15.0 Å². The third-order valence-corrected chi connectivity index (χ3v) is 4.46. The quantitative estimate of drug-likeness (QED) is 0.830. The van der Waals surface area contributed by atoms with Gasteiger partial charge in [-0.05, 0) is 38.3 Å². The number of hydrogen-bond acceptors (Lipinski definition) is 3. The molecule has 0 atom stereocenters. The van der Waals surface area contributed by atoms with E-state index in [4.69, 9.17) is 4.74 Å². The smallest absolute Gasteiger partial charge is 0.410 e. The number of carbonyl (C=O) groups is 1. The third-order valence-electron chi connectivity index (χ3n) is 3.76. The minimum Gasteiger partial charge on any atom is -0.444 e. The molecule has 0 bridgehead atoms. The van der Waals surface area contributed by atoms with Crippen molar-refractivity contribution >= 4 is 38.5 Å². The van der Waals surface area contributed by atoms with Crippen LogP contribution in [-0.2, 0) is 4.74 Å². The Morgan fingerprint density at radius 1 is 1.17 bits per heavy atom. The van der Waals surface area contributed by atoms with E-state index < -0.39 is 5.60 Å². The van der Waals surface area contributed by atoms with E-state index in [-0.39, 0.29) is 12.1 Å². The fourth-order valence-corrected chi connectivity index (χ4v) is 3.13. The van der Waals surface area contributed by atoms with E-state index in [1.54, 1.807) is 4.90 Å². The van der Waals surface area contributed by atoms with Crippen LogP contribution in [0.2, 0.25) is 0 Å². The van der Waals surface area contributed by atoms with Gasteiger partial charge in [0.1, 0.15) is 5.60 Å². The Balaban J connectivity index is 1.65. The van der Waals surface area contributed by atoms with Crippen molar-refractivity contribution in [3.05, 3.63) is 40.9 Å². The van der Waals surface area contributed by atoms with Crippen molar-refractivity contribution < 1.29 is 9.53 Å². The first-order valence-corrected chi connectivity index (χ1v) is 8.54. The lowest BCUT2D eigenvalue weighted by molar-refractivity contribution is 0.0105. The second-order valence-electron chi connectivity index (χ2n) is 6.87. The van der Waals surface area contributed by atoms with Gasteiger partial charge in [-0.25, -0.2) is 4.79 Å². The average molecular weight is 377 g/mol.